The van der Waals surface area contributed by atoms with E-state index in [0.29, 0.717) is 24.3 Å². The first-order valence-corrected chi connectivity index (χ1v) is 8.44. The zero-order valence-corrected chi connectivity index (χ0v) is 12.8. The van der Waals surface area contributed by atoms with Gasteiger partial charge in [0, 0.05) is 6.61 Å². The molecule has 0 atom stereocenters. The summed E-state index contributed by atoms with van der Waals surface area (Å²) in [6.45, 7) is 3.89. The van der Waals surface area contributed by atoms with Gasteiger partial charge >= 0.3 is 0 Å². The van der Waals surface area contributed by atoms with E-state index >= 15 is 0 Å². The van der Waals surface area contributed by atoms with Crippen molar-refractivity contribution in [1.29, 1.82) is 0 Å². The van der Waals surface area contributed by atoms with Crippen LogP contribution in [0.25, 0.3) is 0 Å². The third kappa shape index (κ3) is 3.59. The highest BCUT2D eigenvalue weighted by Crippen LogP contribution is 2.29. The number of aliphatic hydroxyl groups excluding tert-OH is 1. The summed E-state index contributed by atoms with van der Waals surface area (Å²) in [6.07, 6.45) is 2.77. The summed E-state index contributed by atoms with van der Waals surface area (Å²) in [6, 6.07) is 5.24. The Labute approximate surface area is 120 Å². The second-order valence-electron chi connectivity index (χ2n) is 5.64. The minimum atomic E-state index is -3.69. The minimum absolute atomic E-state index is 0.177. The molecule has 0 heterocycles. The number of aryl methyl sites for hydroxylation is 2. The smallest absolute Gasteiger partial charge is 0.297 e. The second-order valence-corrected chi connectivity index (χ2v) is 7.19. The Morgan fingerprint density at radius 2 is 1.85 bits per heavy atom. The average Bonchev–Trinajstić information content (AvgIpc) is 2.38. The van der Waals surface area contributed by atoms with Gasteiger partial charge in [-0.1, -0.05) is 17.7 Å². The van der Waals surface area contributed by atoms with Gasteiger partial charge in [-0.3, -0.25) is 4.18 Å². The van der Waals surface area contributed by atoms with E-state index in [9.17, 15) is 8.42 Å². The molecule has 4 nitrogen and oxygen atoms in total. The van der Waals surface area contributed by atoms with E-state index in [1.807, 2.05) is 13.0 Å². The second kappa shape index (κ2) is 6.24. The molecular formula is C15H22O4S. The first-order chi connectivity index (χ1) is 9.42. The van der Waals surface area contributed by atoms with Crippen LogP contribution in [-0.4, -0.2) is 26.2 Å². The zero-order chi connectivity index (χ0) is 14.8. The Hall–Kier alpha value is -0.910. The summed E-state index contributed by atoms with van der Waals surface area (Å²) in [7, 11) is -3.69. The van der Waals surface area contributed by atoms with Crippen LogP contribution in [0, 0.1) is 19.8 Å². The Morgan fingerprint density at radius 3 is 2.40 bits per heavy atom. The van der Waals surface area contributed by atoms with E-state index in [1.54, 1.807) is 19.1 Å². The number of rotatable bonds is 4. The molecular weight excluding hydrogens is 276 g/mol. The molecule has 112 valence electrons. The maximum atomic E-state index is 12.3. The fourth-order valence-corrected chi connectivity index (χ4v) is 4.06. The maximum Gasteiger partial charge on any atom is 0.297 e. The monoisotopic (exact) mass is 298 g/mol. The van der Waals surface area contributed by atoms with Gasteiger partial charge in [-0.15, -0.1) is 0 Å². The number of hydrogen-bond acceptors (Lipinski definition) is 4. The van der Waals surface area contributed by atoms with Crippen molar-refractivity contribution in [3.05, 3.63) is 29.3 Å². The lowest BCUT2D eigenvalue weighted by molar-refractivity contribution is 0.108. The summed E-state index contributed by atoms with van der Waals surface area (Å²) in [5, 5.41) is 9.09. The van der Waals surface area contributed by atoms with E-state index in [2.05, 4.69) is 0 Å². The lowest BCUT2D eigenvalue weighted by Gasteiger charge is -2.26. The molecule has 1 fully saturated rings. The quantitative estimate of drug-likeness (QED) is 0.868. The Kier molecular flexibility index (Phi) is 4.83. The molecule has 1 aromatic rings. The van der Waals surface area contributed by atoms with Crippen LogP contribution in [0.3, 0.4) is 0 Å². The van der Waals surface area contributed by atoms with Crippen molar-refractivity contribution in [3.8, 4) is 0 Å². The summed E-state index contributed by atoms with van der Waals surface area (Å²) >= 11 is 0. The summed E-state index contributed by atoms with van der Waals surface area (Å²) < 4.78 is 30.0. The van der Waals surface area contributed by atoms with Gasteiger partial charge in [0.2, 0.25) is 0 Å². The van der Waals surface area contributed by atoms with E-state index in [4.69, 9.17) is 9.29 Å². The van der Waals surface area contributed by atoms with Crippen molar-refractivity contribution < 1.29 is 17.7 Å². The highest BCUT2D eigenvalue weighted by Gasteiger charge is 2.27. The Bertz CT molecular complexity index is 557. The van der Waals surface area contributed by atoms with Crippen LogP contribution in [0.1, 0.15) is 36.8 Å². The SMILES string of the molecule is Cc1ccc(S(=O)(=O)OC2CCC(CO)CC2)c(C)c1. The molecule has 0 bridgehead atoms. The van der Waals surface area contributed by atoms with Gasteiger partial charge in [0.15, 0.2) is 0 Å². The fraction of sp³-hybridized carbons (Fsp3) is 0.600. The molecule has 0 saturated heterocycles. The van der Waals surface area contributed by atoms with Gasteiger partial charge in [0.25, 0.3) is 10.1 Å². The molecule has 1 N–H and O–H groups in total. The topological polar surface area (TPSA) is 63.6 Å². The van der Waals surface area contributed by atoms with Gasteiger partial charge in [-0.05, 0) is 57.1 Å². The Morgan fingerprint density at radius 1 is 1.20 bits per heavy atom. The van der Waals surface area contributed by atoms with Crippen molar-refractivity contribution in [2.24, 2.45) is 5.92 Å². The maximum absolute atomic E-state index is 12.3. The van der Waals surface area contributed by atoms with Crippen LogP contribution in [0.4, 0.5) is 0 Å². The molecule has 1 aromatic carbocycles. The fourth-order valence-electron chi connectivity index (χ4n) is 2.72. The molecule has 1 aliphatic carbocycles. The predicted octanol–water partition coefficient (Wildman–Crippen LogP) is 2.56. The van der Waals surface area contributed by atoms with Crippen LogP contribution < -0.4 is 0 Å². The first kappa shape index (κ1) is 15.5. The van der Waals surface area contributed by atoms with Crippen molar-refractivity contribution in [2.75, 3.05) is 6.61 Å². The predicted molar refractivity (Wildman–Crippen MR) is 77.0 cm³/mol. The van der Waals surface area contributed by atoms with E-state index in [1.165, 1.54) is 0 Å². The van der Waals surface area contributed by atoms with Crippen LogP contribution >= 0.6 is 0 Å². The van der Waals surface area contributed by atoms with Gasteiger partial charge < -0.3 is 5.11 Å². The normalized spacial score (nSPS) is 23.8. The highest BCUT2D eigenvalue weighted by molar-refractivity contribution is 7.86. The Balaban J connectivity index is 2.08. The molecule has 0 radical (unpaired) electrons. The standard InChI is InChI=1S/C15H22O4S/c1-11-3-8-15(12(2)9-11)20(17,18)19-14-6-4-13(10-16)5-7-14/h3,8-9,13-14,16H,4-7,10H2,1-2H3. The van der Waals surface area contributed by atoms with Gasteiger partial charge in [-0.2, -0.15) is 8.42 Å². The molecule has 1 saturated carbocycles. The van der Waals surface area contributed by atoms with Gasteiger partial charge in [-0.25, -0.2) is 0 Å². The van der Waals surface area contributed by atoms with Crippen LogP contribution in [0.5, 0.6) is 0 Å². The van der Waals surface area contributed by atoms with E-state index < -0.39 is 10.1 Å². The highest BCUT2D eigenvalue weighted by atomic mass is 32.2. The molecule has 0 aromatic heterocycles. The van der Waals surface area contributed by atoms with Crippen LogP contribution in [0.2, 0.25) is 0 Å². The molecule has 20 heavy (non-hydrogen) atoms. The third-order valence-electron chi connectivity index (χ3n) is 3.91. The molecule has 2 rings (SSSR count). The zero-order valence-electron chi connectivity index (χ0n) is 12.0. The third-order valence-corrected chi connectivity index (χ3v) is 5.44. The lowest BCUT2D eigenvalue weighted by atomic mass is 9.88. The molecule has 5 heteroatoms. The minimum Gasteiger partial charge on any atom is -0.396 e. The number of hydrogen-bond donors (Lipinski definition) is 1. The summed E-state index contributed by atoms with van der Waals surface area (Å²) in [5.41, 5.74) is 1.75. The molecule has 1 aliphatic rings. The number of benzene rings is 1. The first-order valence-electron chi connectivity index (χ1n) is 7.04. The molecule has 0 aliphatic heterocycles. The molecule has 0 amide bonds. The van der Waals surface area contributed by atoms with E-state index in [-0.39, 0.29) is 17.6 Å². The van der Waals surface area contributed by atoms with Crippen LogP contribution in [-0.2, 0) is 14.3 Å². The van der Waals surface area contributed by atoms with E-state index in [0.717, 1.165) is 18.4 Å². The molecule has 0 unspecified atom stereocenters. The van der Waals surface area contributed by atoms with Crippen molar-refractivity contribution in [3.63, 3.8) is 0 Å². The molecule has 0 spiro atoms. The van der Waals surface area contributed by atoms with Crippen molar-refractivity contribution >= 4 is 10.1 Å². The summed E-state index contributed by atoms with van der Waals surface area (Å²) in [4.78, 5) is 0.257. The van der Waals surface area contributed by atoms with Gasteiger partial charge in [0.1, 0.15) is 0 Å². The lowest BCUT2D eigenvalue weighted by Crippen LogP contribution is -2.26. The van der Waals surface area contributed by atoms with Crippen molar-refractivity contribution in [2.45, 2.75) is 50.5 Å². The van der Waals surface area contributed by atoms with Gasteiger partial charge in [0.05, 0.1) is 11.0 Å². The van der Waals surface area contributed by atoms with Crippen LogP contribution in [0.15, 0.2) is 23.1 Å². The summed E-state index contributed by atoms with van der Waals surface area (Å²) in [5.74, 6) is 0.290. The average molecular weight is 298 g/mol. The largest absolute Gasteiger partial charge is 0.396 e. The number of aliphatic hydroxyl groups is 1. The van der Waals surface area contributed by atoms with Crippen molar-refractivity contribution in [1.82, 2.24) is 0 Å².